The summed E-state index contributed by atoms with van der Waals surface area (Å²) in [6.45, 7) is 1.01. The molecule has 0 spiro atoms. The van der Waals surface area contributed by atoms with Crippen molar-refractivity contribution in [1.29, 1.82) is 0 Å². The smallest absolute Gasteiger partial charge is 0.248 e. The summed E-state index contributed by atoms with van der Waals surface area (Å²) in [6, 6.07) is 16.7. The van der Waals surface area contributed by atoms with Crippen molar-refractivity contribution in [1.82, 2.24) is 10.3 Å². The number of fused-ring (bicyclic) bond motifs is 1. The molecule has 0 aliphatic heterocycles. The lowest BCUT2D eigenvalue weighted by molar-refractivity contribution is 0.100. The number of nitrogens with two attached hydrogens (primary N) is 1. The summed E-state index contributed by atoms with van der Waals surface area (Å²) in [5.74, 6) is -0.385. The van der Waals surface area contributed by atoms with E-state index in [0.29, 0.717) is 11.6 Å². The first kappa shape index (κ1) is 17.6. The lowest BCUT2D eigenvalue weighted by Gasteiger charge is -2.23. The number of aromatic amines is 1. The molecule has 1 atom stereocenters. The van der Waals surface area contributed by atoms with Crippen LogP contribution in [0.1, 0.15) is 40.7 Å². The maximum Gasteiger partial charge on any atom is 0.248 e. The molecule has 0 bridgehead atoms. The molecule has 4 heteroatoms. The first-order valence-corrected chi connectivity index (χ1v) is 9.58. The van der Waals surface area contributed by atoms with Crippen molar-refractivity contribution in [2.24, 2.45) is 5.73 Å². The fourth-order valence-corrected chi connectivity index (χ4v) is 3.87. The van der Waals surface area contributed by atoms with Crippen LogP contribution in [-0.4, -0.2) is 23.5 Å². The highest BCUT2D eigenvalue weighted by Crippen LogP contribution is 2.32. The van der Waals surface area contributed by atoms with Crippen LogP contribution in [0.2, 0.25) is 0 Å². The van der Waals surface area contributed by atoms with E-state index in [9.17, 15) is 4.79 Å². The van der Waals surface area contributed by atoms with Crippen LogP contribution in [0, 0.1) is 0 Å². The van der Waals surface area contributed by atoms with Gasteiger partial charge in [0.1, 0.15) is 0 Å². The molecule has 4 rings (SSSR count). The Balaban J connectivity index is 1.41. The predicted octanol–water partition coefficient (Wildman–Crippen LogP) is 4.04. The molecule has 1 heterocycles. The van der Waals surface area contributed by atoms with Crippen molar-refractivity contribution >= 4 is 22.4 Å². The third kappa shape index (κ3) is 3.96. The number of hydrogen-bond donors (Lipinski definition) is 3. The first-order chi connectivity index (χ1) is 13.2. The molecule has 4 nitrogen and oxygen atoms in total. The largest absolute Gasteiger partial charge is 0.366 e. The van der Waals surface area contributed by atoms with Gasteiger partial charge in [0.15, 0.2) is 0 Å². The topological polar surface area (TPSA) is 70.9 Å². The molecular formula is C23H25N3O. The Kier molecular flexibility index (Phi) is 5.07. The summed E-state index contributed by atoms with van der Waals surface area (Å²) in [5, 5.41) is 4.76. The van der Waals surface area contributed by atoms with E-state index in [4.69, 9.17) is 5.73 Å². The highest BCUT2D eigenvalue weighted by molar-refractivity contribution is 6.00. The van der Waals surface area contributed by atoms with E-state index in [1.54, 1.807) is 6.07 Å². The summed E-state index contributed by atoms with van der Waals surface area (Å²) in [7, 11) is 0. The number of carbonyl (C=O) groups excluding carboxylic acids is 1. The Hall–Kier alpha value is -2.85. The van der Waals surface area contributed by atoms with Crippen molar-refractivity contribution in [2.45, 2.75) is 31.7 Å². The van der Waals surface area contributed by atoms with Gasteiger partial charge in [-0.25, -0.2) is 0 Å². The fourth-order valence-electron chi connectivity index (χ4n) is 3.87. The molecule has 0 saturated heterocycles. The molecule has 1 aromatic heterocycles. The molecule has 1 amide bonds. The number of nitrogens with one attached hydrogen (secondary N) is 2. The SMILES string of the molecule is NC(=O)c1ccc2[nH]cc(C3=CCC(NCCc4ccccc4)CC3)c2c1. The molecule has 27 heavy (non-hydrogen) atoms. The summed E-state index contributed by atoms with van der Waals surface area (Å²) in [4.78, 5) is 14.8. The van der Waals surface area contributed by atoms with Crippen LogP contribution in [0.3, 0.4) is 0 Å². The van der Waals surface area contributed by atoms with Gasteiger partial charge in [0.2, 0.25) is 5.91 Å². The number of rotatable bonds is 6. The van der Waals surface area contributed by atoms with Gasteiger partial charge in [-0.15, -0.1) is 0 Å². The highest BCUT2D eigenvalue weighted by atomic mass is 16.1. The van der Waals surface area contributed by atoms with Crippen molar-refractivity contribution in [3.05, 3.63) is 77.5 Å². The number of primary amides is 1. The van der Waals surface area contributed by atoms with E-state index in [1.807, 2.05) is 18.3 Å². The number of benzene rings is 2. The van der Waals surface area contributed by atoms with E-state index in [0.717, 1.165) is 43.1 Å². The van der Waals surface area contributed by atoms with Gasteiger partial charge in [0, 0.05) is 34.3 Å². The minimum Gasteiger partial charge on any atom is -0.366 e. The molecule has 4 N–H and O–H groups in total. The summed E-state index contributed by atoms with van der Waals surface area (Å²) in [6.07, 6.45) is 8.64. The Morgan fingerprint density at radius 1 is 1.19 bits per heavy atom. The molecule has 1 aliphatic rings. The Bertz CT molecular complexity index is 972. The van der Waals surface area contributed by atoms with Gasteiger partial charge in [-0.1, -0.05) is 36.4 Å². The lowest BCUT2D eigenvalue weighted by atomic mass is 9.90. The van der Waals surface area contributed by atoms with Crippen molar-refractivity contribution < 1.29 is 4.79 Å². The van der Waals surface area contributed by atoms with Crippen LogP contribution < -0.4 is 11.1 Å². The molecule has 0 saturated carbocycles. The Labute approximate surface area is 159 Å². The van der Waals surface area contributed by atoms with Gasteiger partial charge >= 0.3 is 0 Å². The van der Waals surface area contributed by atoms with Gasteiger partial charge < -0.3 is 16.0 Å². The minimum atomic E-state index is -0.385. The molecule has 3 aromatic rings. The number of hydrogen-bond acceptors (Lipinski definition) is 2. The van der Waals surface area contributed by atoms with E-state index in [2.05, 4.69) is 46.7 Å². The minimum absolute atomic E-state index is 0.385. The van der Waals surface area contributed by atoms with E-state index in [-0.39, 0.29) is 5.91 Å². The Morgan fingerprint density at radius 2 is 2.04 bits per heavy atom. The van der Waals surface area contributed by atoms with Crippen LogP contribution in [-0.2, 0) is 6.42 Å². The fraction of sp³-hybridized carbons (Fsp3) is 0.261. The third-order valence-electron chi connectivity index (χ3n) is 5.41. The predicted molar refractivity (Wildman–Crippen MR) is 111 cm³/mol. The van der Waals surface area contributed by atoms with Crippen LogP contribution in [0.4, 0.5) is 0 Å². The molecule has 1 unspecified atom stereocenters. The number of aromatic nitrogens is 1. The number of carbonyl (C=O) groups is 1. The Morgan fingerprint density at radius 3 is 2.78 bits per heavy atom. The van der Waals surface area contributed by atoms with E-state index >= 15 is 0 Å². The standard InChI is InChI=1S/C23H25N3O/c24-23(27)18-8-11-22-20(14-18)21(15-26-22)17-6-9-19(10-7-17)25-13-12-16-4-2-1-3-5-16/h1-6,8,11,14-15,19,25-26H,7,9-10,12-13H2,(H2,24,27). The van der Waals surface area contributed by atoms with Crippen LogP contribution in [0.25, 0.3) is 16.5 Å². The normalized spacial score (nSPS) is 17.0. The van der Waals surface area contributed by atoms with Gasteiger partial charge in [-0.2, -0.15) is 0 Å². The lowest BCUT2D eigenvalue weighted by Crippen LogP contribution is -2.31. The molecule has 0 radical (unpaired) electrons. The highest BCUT2D eigenvalue weighted by Gasteiger charge is 2.17. The van der Waals surface area contributed by atoms with Crippen LogP contribution >= 0.6 is 0 Å². The van der Waals surface area contributed by atoms with Crippen molar-refractivity contribution in [2.75, 3.05) is 6.54 Å². The van der Waals surface area contributed by atoms with E-state index < -0.39 is 0 Å². The second kappa shape index (κ2) is 7.80. The van der Waals surface area contributed by atoms with Crippen molar-refractivity contribution in [3.8, 4) is 0 Å². The molecule has 2 aromatic carbocycles. The second-order valence-electron chi connectivity index (χ2n) is 7.22. The number of amides is 1. The van der Waals surface area contributed by atoms with E-state index in [1.165, 1.54) is 16.7 Å². The summed E-state index contributed by atoms with van der Waals surface area (Å²) < 4.78 is 0. The van der Waals surface area contributed by atoms with Crippen molar-refractivity contribution in [3.63, 3.8) is 0 Å². The first-order valence-electron chi connectivity index (χ1n) is 9.58. The maximum absolute atomic E-state index is 11.5. The zero-order valence-corrected chi connectivity index (χ0v) is 15.4. The average Bonchev–Trinajstić information content (AvgIpc) is 3.12. The second-order valence-corrected chi connectivity index (χ2v) is 7.22. The van der Waals surface area contributed by atoms with Crippen LogP contribution in [0.5, 0.6) is 0 Å². The zero-order chi connectivity index (χ0) is 18.6. The average molecular weight is 359 g/mol. The summed E-state index contributed by atoms with van der Waals surface area (Å²) >= 11 is 0. The van der Waals surface area contributed by atoms with Gasteiger partial charge in [0.25, 0.3) is 0 Å². The third-order valence-corrected chi connectivity index (χ3v) is 5.41. The zero-order valence-electron chi connectivity index (χ0n) is 15.4. The number of H-pyrrole nitrogens is 1. The quantitative estimate of drug-likeness (QED) is 0.622. The summed E-state index contributed by atoms with van der Waals surface area (Å²) in [5.41, 5.74) is 11.0. The molecule has 1 aliphatic carbocycles. The monoisotopic (exact) mass is 359 g/mol. The van der Waals surface area contributed by atoms with Gasteiger partial charge in [0.05, 0.1) is 0 Å². The number of allylic oxidation sites excluding steroid dienone is 1. The molecule has 0 fully saturated rings. The maximum atomic E-state index is 11.5. The molecule has 138 valence electrons. The van der Waals surface area contributed by atoms with Crippen LogP contribution in [0.15, 0.2) is 60.8 Å². The molecular weight excluding hydrogens is 334 g/mol. The van der Waals surface area contributed by atoms with Gasteiger partial charge in [-0.3, -0.25) is 4.79 Å². The van der Waals surface area contributed by atoms with Gasteiger partial charge in [-0.05, 0) is 61.6 Å².